The van der Waals surface area contributed by atoms with Crippen molar-refractivity contribution in [2.75, 3.05) is 0 Å². The number of fused-ring (bicyclic) bond motifs is 8. The molecule has 0 N–H and O–H groups in total. The van der Waals surface area contributed by atoms with Gasteiger partial charge in [-0.3, -0.25) is 0 Å². The van der Waals surface area contributed by atoms with Crippen LogP contribution in [0.2, 0.25) is 0 Å². The van der Waals surface area contributed by atoms with Gasteiger partial charge < -0.3 is 0 Å². The first-order valence-corrected chi connectivity index (χ1v) is 22.8. The lowest BCUT2D eigenvalue weighted by Crippen LogP contribution is -2.14. The second-order valence-electron chi connectivity index (χ2n) is 18.5. The molecule has 0 aromatic heterocycles. The fourth-order valence-electron chi connectivity index (χ4n) is 11.0. The van der Waals surface area contributed by atoms with E-state index in [9.17, 15) is 0 Å². The minimum absolute atomic E-state index is 0.0861. The highest BCUT2D eigenvalue weighted by Crippen LogP contribution is 2.51. The largest absolute Gasteiger partial charge is 0.0619 e. The zero-order valence-corrected chi connectivity index (χ0v) is 36.4. The molecule has 65 heavy (non-hydrogen) atoms. The van der Waals surface area contributed by atoms with Crippen molar-refractivity contribution >= 4 is 53.9 Å². The molecule has 12 aromatic rings. The van der Waals surface area contributed by atoms with Gasteiger partial charge in [0.25, 0.3) is 0 Å². The molecule has 0 heteroatoms. The van der Waals surface area contributed by atoms with Crippen LogP contribution in [0.3, 0.4) is 0 Å². The van der Waals surface area contributed by atoms with Crippen molar-refractivity contribution in [2.24, 2.45) is 0 Å². The molecule has 12 aromatic carbocycles. The minimum atomic E-state index is -0.0861. The Hall–Kier alpha value is -8.06. The summed E-state index contributed by atoms with van der Waals surface area (Å²) in [6.45, 7) is 4.74. The standard InChI is InChI=1S/C65H44/c1-65(2)61-21-10-9-20-55(61)56-31-28-52(40-62(56)65)51-30-33-57-60(39-51)64(54-27-24-43-14-5-8-17-46(43)36-54)58-32-29-50(49-26-23-42-13-4-7-16-45(42)35-49)38-59(58)63(57)53-19-11-18-47(37-53)48-25-22-41-12-3-6-15-44(41)34-48/h3-40H,1-2H3. The Morgan fingerprint density at radius 2 is 0.615 bits per heavy atom. The third kappa shape index (κ3) is 6.06. The van der Waals surface area contributed by atoms with E-state index in [1.807, 2.05) is 0 Å². The van der Waals surface area contributed by atoms with Crippen LogP contribution in [0.15, 0.2) is 231 Å². The van der Waals surface area contributed by atoms with Crippen molar-refractivity contribution in [2.45, 2.75) is 19.3 Å². The second kappa shape index (κ2) is 14.5. The third-order valence-electron chi connectivity index (χ3n) is 14.4. The highest BCUT2D eigenvalue weighted by atomic mass is 14.4. The van der Waals surface area contributed by atoms with Crippen LogP contribution in [0.1, 0.15) is 25.0 Å². The van der Waals surface area contributed by atoms with Gasteiger partial charge in [0.05, 0.1) is 0 Å². The molecular weight excluding hydrogens is 781 g/mol. The summed E-state index contributed by atoms with van der Waals surface area (Å²) in [5.74, 6) is 0. The summed E-state index contributed by atoms with van der Waals surface area (Å²) in [7, 11) is 0. The quantitative estimate of drug-likeness (QED) is 0.152. The summed E-state index contributed by atoms with van der Waals surface area (Å²) in [5, 5.41) is 12.5. The molecular formula is C65H44. The Morgan fingerprint density at radius 3 is 1.20 bits per heavy atom. The van der Waals surface area contributed by atoms with Crippen molar-refractivity contribution < 1.29 is 0 Å². The highest BCUT2D eigenvalue weighted by molar-refractivity contribution is 6.23. The molecule has 1 aliphatic rings. The molecule has 0 unspecified atom stereocenters. The first-order valence-electron chi connectivity index (χ1n) is 22.8. The van der Waals surface area contributed by atoms with Gasteiger partial charge in [-0.05, 0) is 174 Å². The average molecular weight is 825 g/mol. The van der Waals surface area contributed by atoms with Crippen molar-refractivity contribution in [3.8, 4) is 66.8 Å². The van der Waals surface area contributed by atoms with Gasteiger partial charge in [-0.2, -0.15) is 0 Å². The summed E-state index contributed by atoms with van der Waals surface area (Å²) in [6.07, 6.45) is 0. The Balaban J connectivity index is 1.10. The van der Waals surface area contributed by atoms with E-state index >= 15 is 0 Å². The normalized spacial score (nSPS) is 12.9. The number of hydrogen-bond acceptors (Lipinski definition) is 0. The van der Waals surface area contributed by atoms with Gasteiger partial charge >= 0.3 is 0 Å². The monoisotopic (exact) mass is 824 g/mol. The molecule has 0 saturated heterocycles. The summed E-state index contributed by atoms with van der Waals surface area (Å²) in [5.41, 5.74) is 17.6. The number of hydrogen-bond donors (Lipinski definition) is 0. The van der Waals surface area contributed by atoms with Crippen LogP contribution in [0.25, 0.3) is 121 Å². The van der Waals surface area contributed by atoms with Gasteiger partial charge in [-0.15, -0.1) is 0 Å². The molecule has 0 amide bonds. The average Bonchev–Trinajstić information content (AvgIpc) is 3.59. The van der Waals surface area contributed by atoms with Crippen molar-refractivity contribution in [1.29, 1.82) is 0 Å². The molecule has 0 aliphatic heterocycles. The molecule has 0 radical (unpaired) electrons. The van der Waals surface area contributed by atoms with Crippen LogP contribution in [0, 0.1) is 0 Å². The molecule has 1 aliphatic carbocycles. The summed E-state index contributed by atoms with van der Waals surface area (Å²) in [6, 6.07) is 86.4. The molecule has 13 rings (SSSR count). The lowest BCUT2D eigenvalue weighted by Gasteiger charge is -2.22. The highest BCUT2D eigenvalue weighted by Gasteiger charge is 2.35. The fourth-order valence-corrected chi connectivity index (χ4v) is 11.0. The van der Waals surface area contributed by atoms with Crippen molar-refractivity contribution in [3.63, 3.8) is 0 Å². The minimum Gasteiger partial charge on any atom is -0.0619 e. The van der Waals surface area contributed by atoms with E-state index in [4.69, 9.17) is 0 Å². The van der Waals surface area contributed by atoms with E-state index in [0.29, 0.717) is 0 Å². The SMILES string of the molecule is CC1(C)c2ccccc2-c2ccc(-c3ccc4c(-c5cccc(-c6ccc7ccccc7c6)c5)c5cc(-c6ccc7ccccc7c6)ccc5c(-c5ccc6ccccc6c5)c4c3)cc21. The van der Waals surface area contributed by atoms with Gasteiger partial charge in [0.2, 0.25) is 0 Å². The van der Waals surface area contributed by atoms with E-state index in [-0.39, 0.29) is 5.41 Å². The summed E-state index contributed by atoms with van der Waals surface area (Å²) >= 11 is 0. The van der Waals surface area contributed by atoms with Crippen LogP contribution in [-0.4, -0.2) is 0 Å². The van der Waals surface area contributed by atoms with Gasteiger partial charge in [0.1, 0.15) is 0 Å². The molecule has 0 atom stereocenters. The van der Waals surface area contributed by atoms with Gasteiger partial charge in [-0.1, -0.05) is 202 Å². The fraction of sp³-hybridized carbons (Fsp3) is 0.0462. The van der Waals surface area contributed by atoms with Gasteiger partial charge in [0.15, 0.2) is 0 Å². The van der Waals surface area contributed by atoms with Gasteiger partial charge in [0, 0.05) is 5.41 Å². The predicted molar refractivity (Wildman–Crippen MR) is 279 cm³/mol. The first-order chi connectivity index (χ1) is 31.9. The second-order valence-corrected chi connectivity index (χ2v) is 18.5. The van der Waals surface area contributed by atoms with Crippen LogP contribution in [0.5, 0.6) is 0 Å². The van der Waals surface area contributed by atoms with Crippen LogP contribution < -0.4 is 0 Å². The molecule has 0 bridgehead atoms. The Labute approximate surface area is 379 Å². The molecule has 0 fully saturated rings. The van der Waals surface area contributed by atoms with Crippen molar-refractivity contribution in [1.82, 2.24) is 0 Å². The zero-order chi connectivity index (χ0) is 43.2. The third-order valence-corrected chi connectivity index (χ3v) is 14.4. The van der Waals surface area contributed by atoms with Gasteiger partial charge in [-0.25, -0.2) is 0 Å². The van der Waals surface area contributed by atoms with Crippen LogP contribution in [-0.2, 0) is 5.41 Å². The molecule has 0 nitrogen and oxygen atoms in total. The van der Waals surface area contributed by atoms with Crippen molar-refractivity contribution in [3.05, 3.63) is 242 Å². The zero-order valence-electron chi connectivity index (χ0n) is 36.4. The topological polar surface area (TPSA) is 0 Å². The van der Waals surface area contributed by atoms with E-state index in [1.54, 1.807) is 0 Å². The molecule has 0 spiro atoms. The predicted octanol–water partition coefficient (Wildman–Crippen LogP) is 18.1. The van der Waals surface area contributed by atoms with E-state index < -0.39 is 0 Å². The summed E-state index contributed by atoms with van der Waals surface area (Å²) in [4.78, 5) is 0. The van der Waals surface area contributed by atoms with E-state index in [1.165, 1.54) is 132 Å². The number of rotatable bonds is 5. The molecule has 304 valence electrons. The number of benzene rings is 12. The van der Waals surface area contributed by atoms with Crippen LogP contribution >= 0.6 is 0 Å². The molecule has 0 heterocycles. The maximum Gasteiger partial charge on any atom is 0.0159 e. The lowest BCUT2D eigenvalue weighted by atomic mass is 9.81. The lowest BCUT2D eigenvalue weighted by molar-refractivity contribution is 0.660. The Morgan fingerprint density at radius 1 is 0.231 bits per heavy atom. The van der Waals surface area contributed by atoms with E-state index in [2.05, 4.69) is 244 Å². The van der Waals surface area contributed by atoms with E-state index in [0.717, 1.165) is 0 Å². The Kier molecular flexibility index (Phi) is 8.36. The van der Waals surface area contributed by atoms with Crippen LogP contribution in [0.4, 0.5) is 0 Å². The smallest absolute Gasteiger partial charge is 0.0159 e. The first kappa shape index (κ1) is 37.5. The molecule has 0 saturated carbocycles. The maximum absolute atomic E-state index is 2.48. The summed E-state index contributed by atoms with van der Waals surface area (Å²) < 4.78 is 0. The maximum atomic E-state index is 2.48. The Bertz CT molecular complexity index is 3920.